The highest BCUT2D eigenvalue weighted by atomic mass is 16.6. The molecule has 1 aromatic rings. The Balaban J connectivity index is 1.56. The van der Waals surface area contributed by atoms with Gasteiger partial charge in [-0.2, -0.15) is 0 Å². The summed E-state index contributed by atoms with van der Waals surface area (Å²) in [5, 5.41) is 12.8. The van der Waals surface area contributed by atoms with E-state index in [9.17, 15) is 9.90 Å². The Morgan fingerprint density at radius 2 is 2.20 bits per heavy atom. The van der Waals surface area contributed by atoms with Crippen molar-refractivity contribution in [2.75, 3.05) is 26.4 Å². The molecular weight excluding hydrogens is 262 g/mol. The van der Waals surface area contributed by atoms with Crippen LogP contribution in [0.3, 0.4) is 0 Å². The molecule has 6 nitrogen and oxygen atoms in total. The van der Waals surface area contributed by atoms with E-state index in [-0.39, 0.29) is 25.7 Å². The van der Waals surface area contributed by atoms with Crippen LogP contribution in [0.15, 0.2) is 24.3 Å². The molecule has 1 amide bonds. The highest BCUT2D eigenvalue weighted by Gasteiger charge is 2.34. The summed E-state index contributed by atoms with van der Waals surface area (Å²) in [6, 6.07) is 7.22. The van der Waals surface area contributed by atoms with E-state index in [2.05, 4.69) is 5.32 Å². The maximum absolute atomic E-state index is 12.0. The third kappa shape index (κ3) is 2.71. The predicted octanol–water partition coefficient (Wildman–Crippen LogP) is 0.0940. The van der Waals surface area contributed by atoms with Crippen LogP contribution in [0.25, 0.3) is 0 Å². The van der Waals surface area contributed by atoms with Crippen molar-refractivity contribution in [2.24, 2.45) is 0 Å². The second-order valence-electron chi connectivity index (χ2n) is 5.11. The molecule has 2 aliphatic rings. The lowest BCUT2D eigenvalue weighted by atomic mass is 10.0. The van der Waals surface area contributed by atoms with E-state index >= 15 is 0 Å². The first kappa shape index (κ1) is 13.2. The Morgan fingerprint density at radius 3 is 2.95 bits per heavy atom. The van der Waals surface area contributed by atoms with Crippen LogP contribution in [0.5, 0.6) is 11.5 Å². The monoisotopic (exact) mass is 279 g/mol. The Hall–Kier alpha value is -1.79. The zero-order valence-corrected chi connectivity index (χ0v) is 11.0. The lowest BCUT2D eigenvalue weighted by molar-refractivity contribution is -0.131. The van der Waals surface area contributed by atoms with Crippen molar-refractivity contribution in [1.29, 1.82) is 0 Å². The number of ether oxygens (including phenoxy) is 3. The van der Waals surface area contributed by atoms with E-state index in [0.29, 0.717) is 24.5 Å². The van der Waals surface area contributed by atoms with Crippen LogP contribution in [-0.2, 0) is 9.53 Å². The first-order valence-electron chi connectivity index (χ1n) is 6.63. The fourth-order valence-corrected chi connectivity index (χ4v) is 2.25. The van der Waals surface area contributed by atoms with Gasteiger partial charge in [0.05, 0.1) is 6.61 Å². The van der Waals surface area contributed by atoms with Gasteiger partial charge >= 0.3 is 0 Å². The first-order valence-corrected chi connectivity index (χ1v) is 6.63. The minimum atomic E-state index is -0.969. The van der Waals surface area contributed by atoms with Crippen molar-refractivity contribution >= 4 is 5.91 Å². The third-order valence-corrected chi connectivity index (χ3v) is 3.48. The second-order valence-corrected chi connectivity index (χ2v) is 5.11. The molecule has 108 valence electrons. The summed E-state index contributed by atoms with van der Waals surface area (Å²) in [6.07, 6.45) is -0.172. The zero-order valence-electron chi connectivity index (χ0n) is 11.0. The van der Waals surface area contributed by atoms with Crippen molar-refractivity contribution < 1.29 is 24.1 Å². The van der Waals surface area contributed by atoms with E-state index in [0.717, 1.165) is 0 Å². The molecule has 0 bridgehead atoms. The molecule has 20 heavy (non-hydrogen) atoms. The van der Waals surface area contributed by atoms with Crippen LogP contribution in [0.1, 0.15) is 6.42 Å². The molecule has 1 aromatic carbocycles. The molecule has 0 spiro atoms. The van der Waals surface area contributed by atoms with E-state index in [1.54, 1.807) is 12.1 Å². The smallest absolute Gasteiger partial charge is 0.264 e. The van der Waals surface area contributed by atoms with Crippen LogP contribution >= 0.6 is 0 Å². The number of amides is 1. The minimum Gasteiger partial charge on any atom is -0.485 e. The van der Waals surface area contributed by atoms with Gasteiger partial charge in [-0.15, -0.1) is 0 Å². The molecule has 2 atom stereocenters. The maximum atomic E-state index is 12.0. The quantitative estimate of drug-likeness (QED) is 0.820. The van der Waals surface area contributed by atoms with Gasteiger partial charge in [0.2, 0.25) is 6.10 Å². The van der Waals surface area contributed by atoms with Gasteiger partial charge in [-0.25, -0.2) is 0 Å². The number of benzene rings is 1. The fraction of sp³-hybridized carbons (Fsp3) is 0.500. The topological polar surface area (TPSA) is 77.0 Å². The molecule has 2 aliphatic heterocycles. The van der Waals surface area contributed by atoms with E-state index in [1.165, 1.54) is 0 Å². The van der Waals surface area contributed by atoms with Gasteiger partial charge in [0.15, 0.2) is 11.5 Å². The molecule has 0 saturated carbocycles. The molecule has 0 aliphatic carbocycles. The zero-order chi connectivity index (χ0) is 14.0. The lowest BCUT2D eigenvalue weighted by Gasteiger charge is -2.27. The van der Waals surface area contributed by atoms with Gasteiger partial charge < -0.3 is 24.6 Å². The van der Waals surface area contributed by atoms with Crippen LogP contribution in [0, 0.1) is 0 Å². The number of rotatable bonds is 3. The number of carbonyl (C=O) groups excluding carboxylic acids is 1. The number of nitrogens with one attached hydrogen (secondary N) is 1. The van der Waals surface area contributed by atoms with Crippen LogP contribution < -0.4 is 14.8 Å². The van der Waals surface area contributed by atoms with Crippen molar-refractivity contribution in [3.05, 3.63) is 24.3 Å². The number of para-hydroxylation sites is 2. The highest BCUT2D eigenvalue weighted by molar-refractivity contribution is 5.81. The average molecular weight is 279 g/mol. The fourth-order valence-electron chi connectivity index (χ4n) is 2.25. The minimum absolute atomic E-state index is 0.160. The van der Waals surface area contributed by atoms with Crippen LogP contribution in [-0.4, -0.2) is 49.1 Å². The third-order valence-electron chi connectivity index (χ3n) is 3.48. The molecule has 1 fully saturated rings. The van der Waals surface area contributed by atoms with Gasteiger partial charge in [-0.05, 0) is 12.1 Å². The summed E-state index contributed by atoms with van der Waals surface area (Å²) >= 11 is 0. The summed E-state index contributed by atoms with van der Waals surface area (Å²) < 4.78 is 16.2. The van der Waals surface area contributed by atoms with Gasteiger partial charge in [-0.3, -0.25) is 4.79 Å². The molecule has 2 N–H and O–H groups in total. The predicted molar refractivity (Wildman–Crippen MR) is 69.7 cm³/mol. The summed E-state index contributed by atoms with van der Waals surface area (Å²) in [6.45, 7) is 1.09. The lowest BCUT2D eigenvalue weighted by Crippen LogP contribution is -2.50. The molecule has 1 saturated heterocycles. The summed E-state index contributed by atoms with van der Waals surface area (Å²) in [4.78, 5) is 12.0. The number of carbonyl (C=O) groups is 1. The van der Waals surface area contributed by atoms with Gasteiger partial charge in [0.25, 0.3) is 5.91 Å². The Kier molecular flexibility index (Phi) is 3.50. The normalized spacial score (nSPS) is 28.1. The van der Waals surface area contributed by atoms with Crippen molar-refractivity contribution in [2.45, 2.75) is 18.1 Å². The number of hydrogen-bond donors (Lipinski definition) is 2. The maximum Gasteiger partial charge on any atom is 0.264 e. The number of fused-ring (bicyclic) bond motifs is 1. The van der Waals surface area contributed by atoms with Crippen molar-refractivity contribution in [1.82, 2.24) is 5.32 Å². The van der Waals surface area contributed by atoms with Gasteiger partial charge in [-0.1, -0.05) is 12.1 Å². The molecular formula is C14H17NO5. The van der Waals surface area contributed by atoms with E-state index in [4.69, 9.17) is 14.2 Å². The molecule has 2 heterocycles. The van der Waals surface area contributed by atoms with Gasteiger partial charge in [0.1, 0.15) is 12.2 Å². The first-order chi connectivity index (χ1) is 9.66. The molecule has 2 unspecified atom stereocenters. The van der Waals surface area contributed by atoms with Crippen molar-refractivity contribution in [3.8, 4) is 11.5 Å². The number of aliphatic hydroxyl groups is 1. The Morgan fingerprint density at radius 1 is 1.40 bits per heavy atom. The van der Waals surface area contributed by atoms with Crippen molar-refractivity contribution in [3.63, 3.8) is 0 Å². The van der Waals surface area contributed by atoms with Crippen LogP contribution in [0.4, 0.5) is 0 Å². The highest BCUT2D eigenvalue weighted by Crippen LogP contribution is 2.30. The molecule has 0 aromatic heterocycles. The molecule has 6 heteroatoms. The van der Waals surface area contributed by atoms with Gasteiger partial charge in [0, 0.05) is 19.6 Å². The van der Waals surface area contributed by atoms with E-state index in [1.807, 2.05) is 12.1 Å². The summed E-state index contributed by atoms with van der Waals surface area (Å²) in [5.41, 5.74) is -0.969. The second kappa shape index (κ2) is 5.30. The molecule has 0 radical (unpaired) electrons. The average Bonchev–Trinajstić information content (AvgIpc) is 2.91. The molecule has 3 rings (SSSR count). The standard InChI is InChI=1S/C14H17NO5/c16-13(15-8-14(17)5-6-18-9-14)12-7-19-10-3-1-2-4-11(10)20-12/h1-4,12,17H,5-9H2,(H,15,16). The van der Waals surface area contributed by atoms with Crippen LogP contribution in [0.2, 0.25) is 0 Å². The SMILES string of the molecule is O=C(NCC1(O)CCOC1)C1COc2ccccc2O1. The van der Waals surface area contributed by atoms with E-state index < -0.39 is 11.7 Å². The Bertz CT molecular complexity index is 498. The number of hydrogen-bond acceptors (Lipinski definition) is 5. The summed E-state index contributed by atoms with van der Waals surface area (Å²) in [5.74, 6) is 0.904. The summed E-state index contributed by atoms with van der Waals surface area (Å²) in [7, 11) is 0. The Labute approximate surface area is 116 Å². The largest absolute Gasteiger partial charge is 0.485 e.